The number of ether oxygens (including phenoxy) is 1. The number of aliphatic hydroxyl groups excluding tert-OH is 1. The van der Waals surface area contributed by atoms with Crippen molar-refractivity contribution in [2.24, 2.45) is 16.0 Å². The van der Waals surface area contributed by atoms with Crippen LogP contribution in [0.5, 0.6) is 0 Å². The van der Waals surface area contributed by atoms with Gasteiger partial charge in [0, 0.05) is 38.1 Å². The lowest BCUT2D eigenvalue weighted by Crippen LogP contribution is -2.54. The van der Waals surface area contributed by atoms with Crippen LogP contribution in [-0.2, 0) is 19.1 Å². The van der Waals surface area contributed by atoms with Crippen molar-refractivity contribution in [1.82, 2.24) is 19.7 Å². The van der Waals surface area contributed by atoms with Crippen molar-refractivity contribution in [1.29, 1.82) is 0 Å². The van der Waals surface area contributed by atoms with Crippen LogP contribution in [0, 0.1) is 5.92 Å². The first-order valence-corrected chi connectivity index (χ1v) is 14.4. The van der Waals surface area contributed by atoms with Crippen LogP contribution in [-0.4, -0.2) is 100 Å². The van der Waals surface area contributed by atoms with E-state index in [-0.39, 0.29) is 35.6 Å². The fraction of sp³-hybridized carbons (Fsp3) is 0.516. The molecule has 3 rings (SSSR count). The topological polar surface area (TPSA) is 118 Å². The quantitative estimate of drug-likeness (QED) is 0.181. The van der Waals surface area contributed by atoms with Gasteiger partial charge in [-0.2, -0.15) is 10.1 Å². The Kier molecular flexibility index (Phi) is 11.0. The van der Waals surface area contributed by atoms with E-state index in [0.29, 0.717) is 75.0 Å². The van der Waals surface area contributed by atoms with Crippen molar-refractivity contribution in [3.63, 3.8) is 0 Å². The molecule has 0 aromatic carbocycles. The van der Waals surface area contributed by atoms with Crippen LogP contribution >= 0.6 is 0 Å². The van der Waals surface area contributed by atoms with Gasteiger partial charge in [-0.1, -0.05) is 40.0 Å². The number of nitrogens with zero attached hydrogens (tertiary/aromatic N) is 6. The van der Waals surface area contributed by atoms with Gasteiger partial charge in [0.15, 0.2) is 5.70 Å². The number of hydrazone groups is 1. The standard InChI is InChI=1S/C31H44N6O5/c1-9-25-28(34-13-15-35(16-14-34)30(40)27(32-10-2)29(39)21(5)6)31(41)37(23(8)36(25)19-22(7)38)33-26(20(3)4)24-11-17-42-18-12-24/h10-11,20,39H,5,8-9,12-19H2,1-4,6-7H3/b29-27+,32-10?,33-26+. The van der Waals surface area contributed by atoms with E-state index in [1.54, 1.807) is 23.6 Å². The number of allylic oxidation sites excluding steroid dienone is 2. The predicted molar refractivity (Wildman–Crippen MR) is 163 cm³/mol. The van der Waals surface area contributed by atoms with Gasteiger partial charge in [-0.15, -0.1) is 0 Å². The summed E-state index contributed by atoms with van der Waals surface area (Å²) in [6.07, 6.45) is 4.64. The second-order valence-corrected chi connectivity index (χ2v) is 10.8. The van der Waals surface area contributed by atoms with Crippen molar-refractivity contribution >= 4 is 29.5 Å². The third kappa shape index (κ3) is 7.07. The van der Waals surface area contributed by atoms with Crippen molar-refractivity contribution in [2.45, 2.75) is 54.4 Å². The monoisotopic (exact) mass is 580 g/mol. The van der Waals surface area contributed by atoms with Crippen LogP contribution in [0.4, 0.5) is 0 Å². The smallest absolute Gasteiger partial charge is 0.298 e. The summed E-state index contributed by atoms with van der Waals surface area (Å²) in [6, 6.07) is 0. The molecule has 228 valence electrons. The van der Waals surface area contributed by atoms with Crippen molar-refractivity contribution in [2.75, 3.05) is 45.9 Å². The average Bonchev–Trinajstić information content (AvgIpc) is 2.96. The van der Waals surface area contributed by atoms with E-state index >= 15 is 0 Å². The number of hydrogen-bond donors (Lipinski definition) is 1. The molecule has 3 aliphatic heterocycles. The number of carbonyl (C=O) groups is 3. The fourth-order valence-electron chi connectivity index (χ4n) is 5.18. The number of amides is 2. The molecule has 3 aliphatic rings. The summed E-state index contributed by atoms with van der Waals surface area (Å²) in [4.78, 5) is 49.2. The fourth-order valence-corrected chi connectivity index (χ4v) is 5.18. The Morgan fingerprint density at radius 1 is 1.19 bits per heavy atom. The largest absolute Gasteiger partial charge is 0.505 e. The highest BCUT2D eigenvalue weighted by molar-refractivity contribution is 6.04. The van der Waals surface area contributed by atoms with E-state index in [9.17, 15) is 19.5 Å². The van der Waals surface area contributed by atoms with Crippen LogP contribution in [0.2, 0.25) is 0 Å². The Morgan fingerprint density at radius 3 is 2.36 bits per heavy atom. The summed E-state index contributed by atoms with van der Waals surface area (Å²) in [7, 11) is 0. The van der Waals surface area contributed by atoms with Crippen molar-refractivity contribution < 1.29 is 24.2 Å². The summed E-state index contributed by atoms with van der Waals surface area (Å²) in [5.41, 5.74) is 3.23. The van der Waals surface area contributed by atoms with E-state index in [1.165, 1.54) is 18.1 Å². The van der Waals surface area contributed by atoms with Crippen LogP contribution in [0.1, 0.15) is 54.4 Å². The van der Waals surface area contributed by atoms with Gasteiger partial charge >= 0.3 is 0 Å². The molecule has 0 unspecified atom stereocenters. The van der Waals surface area contributed by atoms with Crippen LogP contribution in [0.15, 0.2) is 69.1 Å². The minimum Gasteiger partial charge on any atom is -0.505 e. The minimum atomic E-state index is -0.406. The number of ketones is 1. The van der Waals surface area contributed by atoms with Gasteiger partial charge in [-0.3, -0.25) is 19.4 Å². The molecule has 11 nitrogen and oxygen atoms in total. The van der Waals surface area contributed by atoms with Gasteiger partial charge in [0.05, 0.1) is 25.5 Å². The molecule has 0 atom stereocenters. The number of hydrogen-bond acceptors (Lipinski definition) is 9. The summed E-state index contributed by atoms with van der Waals surface area (Å²) in [6.45, 7) is 21.2. The summed E-state index contributed by atoms with van der Waals surface area (Å²) in [5, 5.41) is 16.6. The lowest BCUT2D eigenvalue weighted by Gasteiger charge is -2.44. The predicted octanol–water partition coefficient (Wildman–Crippen LogP) is 3.75. The minimum absolute atomic E-state index is 0.0365. The highest BCUT2D eigenvalue weighted by atomic mass is 16.5. The SMILES string of the molecule is C=C(C)/C(O)=C(\N=CC)C(=O)N1CCN(C2=C(CC)N(CC(C)=O)C(=C)N(/N=C(/C3=CCOCC3)C(C)C)C2=O)CC1. The third-order valence-electron chi connectivity index (χ3n) is 7.29. The van der Waals surface area contributed by atoms with Gasteiger partial charge in [-0.05, 0) is 50.7 Å². The normalized spacial score (nSPS) is 19.6. The number of rotatable bonds is 10. The molecular weight excluding hydrogens is 536 g/mol. The number of Topliss-reactive ketones (excluding diaryl/α,β-unsaturated/α-hetero) is 1. The van der Waals surface area contributed by atoms with E-state index < -0.39 is 5.91 Å². The Balaban J connectivity index is 1.99. The Labute approximate surface area is 248 Å². The van der Waals surface area contributed by atoms with Crippen LogP contribution < -0.4 is 0 Å². The van der Waals surface area contributed by atoms with Gasteiger partial charge in [0.1, 0.15) is 23.1 Å². The van der Waals surface area contributed by atoms with Crippen LogP contribution in [0.3, 0.4) is 0 Å². The molecule has 11 heteroatoms. The zero-order valence-electron chi connectivity index (χ0n) is 25.8. The maximum absolute atomic E-state index is 14.2. The second-order valence-electron chi connectivity index (χ2n) is 10.8. The number of aliphatic hydroxyl groups is 1. The molecule has 42 heavy (non-hydrogen) atoms. The zero-order valence-corrected chi connectivity index (χ0v) is 25.8. The molecule has 0 aliphatic carbocycles. The van der Waals surface area contributed by atoms with E-state index in [2.05, 4.69) is 18.2 Å². The average molecular weight is 581 g/mol. The molecule has 0 spiro atoms. The molecule has 0 saturated carbocycles. The maximum atomic E-state index is 14.2. The van der Waals surface area contributed by atoms with Gasteiger partial charge in [-0.25, -0.2) is 0 Å². The van der Waals surface area contributed by atoms with Gasteiger partial charge in [0.25, 0.3) is 11.8 Å². The second kappa shape index (κ2) is 14.3. The number of piperazine rings is 1. The summed E-state index contributed by atoms with van der Waals surface area (Å²) < 4.78 is 5.48. The van der Waals surface area contributed by atoms with Crippen molar-refractivity contribution in [3.05, 3.63) is 59.1 Å². The Morgan fingerprint density at radius 2 is 1.86 bits per heavy atom. The molecule has 0 aromatic heterocycles. The number of aliphatic imine (C=N–C) groups is 1. The summed E-state index contributed by atoms with van der Waals surface area (Å²) >= 11 is 0. The van der Waals surface area contributed by atoms with Crippen LogP contribution in [0.25, 0.3) is 0 Å². The highest BCUT2D eigenvalue weighted by Crippen LogP contribution is 2.33. The van der Waals surface area contributed by atoms with E-state index in [1.807, 2.05) is 31.7 Å². The Bertz CT molecular complexity index is 1280. The molecule has 1 N–H and O–H groups in total. The van der Waals surface area contributed by atoms with E-state index in [0.717, 1.165) is 11.3 Å². The molecule has 1 saturated heterocycles. The highest BCUT2D eigenvalue weighted by Gasteiger charge is 2.40. The molecule has 0 radical (unpaired) electrons. The maximum Gasteiger partial charge on any atom is 0.298 e. The summed E-state index contributed by atoms with van der Waals surface area (Å²) in [5.74, 6) is -0.673. The Hall–Kier alpha value is -3.99. The third-order valence-corrected chi connectivity index (χ3v) is 7.29. The molecule has 3 heterocycles. The molecule has 0 bridgehead atoms. The first-order valence-electron chi connectivity index (χ1n) is 14.4. The molecule has 1 fully saturated rings. The lowest BCUT2D eigenvalue weighted by molar-refractivity contribution is -0.132. The first-order chi connectivity index (χ1) is 19.9. The molecular formula is C31H44N6O5. The van der Waals surface area contributed by atoms with Gasteiger partial charge < -0.3 is 24.5 Å². The van der Waals surface area contributed by atoms with Crippen molar-refractivity contribution in [3.8, 4) is 0 Å². The molecule has 0 aromatic rings. The lowest BCUT2D eigenvalue weighted by atomic mass is 9.96. The molecule has 2 amide bonds. The first kappa shape index (κ1) is 32.5. The van der Waals surface area contributed by atoms with Gasteiger partial charge in [0.2, 0.25) is 0 Å². The zero-order chi connectivity index (χ0) is 31.1. The van der Waals surface area contributed by atoms with E-state index in [4.69, 9.17) is 9.84 Å². The number of carbonyl (C=O) groups excluding carboxylic acids is 3.